The predicted molar refractivity (Wildman–Crippen MR) is 90.7 cm³/mol. The lowest BCUT2D eigenvalue weighted by Crippen LogP contribution is -2.24. The fourth-order valence-electron chi connectivity index (χ4n) is 2.46. The van der Waals surface area contributed by atoms with Crippen LogP contribution in [0.5, 0.6) is 0 Å². The summed E-state index contributed by atoms with van der Waals surface area (Å²) in [6.07, 6.45) is -4.69. The van der Waals surface area contributed by atoms with Crippen LogP contribution in [0.15, 0.2) is 48.5 Å². The van der Waals surface area contributed by atoms with Gasteiger partial charge in [0.25, 0.3) is 0 Å². The molecule has 4 nitrogen and oxygen atoms in total. The molecule has 0 spiro atoms. The molecule has 1 amide bonds. The third-order valence-corrected chi connectivity index (χ3v) is 3.86. The van der Waals surface area contributed by atoms with Crippen LogP contribution >= 0.6 is 0 Å². The molecule has 2 aromatic carbocycles. The van der Waals surface area contributed by atoms with Crippen molar-refractivity contribution in [3.05, 3.63) is 65.2 Å². The van der Waals surface area contributed by atoms with Crippen molar-refractivity contribution in [3.63, 3.8) is 0 Å². The number of carbonyl (C=O) groups is 2. The van der Waals surface area contributed by atoms with E-state index in [1.54, 1.807) is 12.1 Å². The van der Waals surface area contributed by atoms with Gasteiger partial charge in [-0.3, -0.25) is 9.59 Å². The number of aryl methyl sites for hydroxylation is 1. The number of benzene rings is 2. The highest BCUT2D eigenvalue weighted by atomic mass is 19.4. The molecule has 2 rings (SSSR count). The third-order valence-electron chi connectivity index (χ3n) is 3.86. The van der Waals surface area contributed by atoms with E-state index < -0.39 is 29.5 Å². The Morgan fingerprint density at radius 2 is 1.77 bits per heavy atom. The summed E-state index contributed by atoms with van der Waals surface area (Å²) in [5, 5.41) is 11.7. The Balaban J connectivity index is 2.04. The van der Waals surface area contributed by atoms with E-state index in [2.05, 4.69) is 5.32 Å². The minimum Gasteiger partial charge on any atom is -0.481 e. The van der Waals surface area contributed by atoms with E-state index >= 15 is 0 Å². The van der Waals surface area contributed by atoms with Crippen molar-refractivity contribution in [3.8, 4) is 0 Å². The first-order valence-electron chi connectivity index (χ1n) is 7.90. The zero-order chi connectivity index (χ0) is 19.3. The number of halogens is 3. The third kappa shape index (κ3) is 5.61. The van der Waals surface area contributed by atoms with Gasteiger partial charge in [-0.05, 0) is 37.1 Å². The maximum Gasteiger partial charge on any atom is 0.416 e. The molecule has 0 aromatic heterocycles. The van der Waals surface area contributed by atoms with Gasteiger partial charge in [-0.1, -0.05) is 35.9 Å². The summed E-state index contributed by atoms with van der Waals surface area (Å²) >= 11 is 0. The number of nitrogens with one attached hydrogen (secondary N) is 1. The normalized spacial score (nSPS) is 12.5. The molecular formula is C19H18F3NO3. The van der Waals surface area contributed by atoms with Crippen LogP contribution in [0.4, 0.5) is 18.9 Å². The van der Waals surface area contributed by atoms with Gasteiger partial charge >= 0.3 is 12.1 Å². The van der Waals surface area contributed by atoms with Crippen LogP contribution in [0.3, 0.4) is 0 Å². The van der Waals surface area contributed by atoms with Gasteiger partial charge in [0.2, 0.25) is 5.91 Å². The number of amides is 1. The van der Waals surface area contributed by atoms with E-state index in [9.17, 15) is 27.9 Å². The first-order chi connectivity index (χ1) is 12.1. The van der Waals surface area contributed by atoms with Crippen LogP contribution in [-0.4, -0.2) is 17.0 Å². The number of aliphatic carboxylic acids is 1. The zero-order valence-electron chi connectivity index (χ0n) is 14.0. The van der Waals surface area contributed by atoms with Gasteiger partial charge in [0.05, 0.1) is 11.5 Å². The van der Waals surface area contributed by atoms with Crippen molar-refractivity contribution < 1.29 is 27.9 Å². The Labute approximate surface area is 148 Å². The summed E-state index contributed by atoms with van der Waals surface area (Å²) in [5.74, 6) is -2.75. The zero-order valence-corrected chi connectivity index (χ0v) is 14.0. The summed E-state index contributed by atoms with van der Waals surface area (Å²) in [7, 11) is 0. The molecular weight excluding hydrogens is 347 g/mol. The van der Waals surface area contributed by atoms with Gasteiger partial charge in [0.1, 0.15) is 0 Å². The van der Waals surface area contributed by atoms with E-state index in [1.807, 2.05) is 19.1 Å². The average Bonchev–Trinajstić information content (AvgIpc) is 2.55. The monoisotopic (exact) mass is 365 g/mol. The highest BCUT2D eigenvalue weighted by molar-refractivity contribution is 5.93. The molecule has 0 aliphatic carbocycles. The second-order valence-electron chi connectivity index (χ2n) is 6.06. The van der Waals surface area contributed by atoms with Crippen molar-refractivity contribution in [2.24, 2.45) is 5.92 Å². The minimum atomic E-state index is -4.52. The largest absolute Gasteiger partial charge is 0.481 e. The molecule has 0 aliphatic heterocycles. The van der Waals surface area contributed by atoms with Gasteiger partial charge in [0.15, 0.2) is 0 Å². The van der Waals surface area contributed by atoms with Crippen LogP contribution in [0.25, 0.3) is 0 Å². The van der Waals surface area contributed by atoms with E-state index in [0.29, 0.717) is 0 Å². The molecule has 0 aliphatic rings. The van der Waals surface area contributed by atoms with E-state index in [0.717, 1.165) is 23.3 Å². The molecule has 2 N–H and O–H groups in total. The highest BCUT2D eigenvalue weighted by Crippen LogP contribution is 2.30. The first kappa shape index (κ1) is 19.5. The smallest absolute Gasteiger partial charge is 0.416 e. The minimum absolute atomic E-state index is 0.0238. The predicted octanol–water partition coefficient (Wildman–Crippen LogP) is 4.29. The van der Waals surface area contributed by atoms with Crippen molar-refractivity contribution in [2.75, 3.05) is 5.32 Å². The number of alkyl halides is 3. The summed E-state index contributed by atoms with van der Waals surface area (Å²) in [6.45, 7) is 1.90. The van der Waals surface area contributed by atoms with Crippen LogP contribution in [0.1, 0.15) is 23.1 Å². The molecule has 0 radical (unpaired) electrons. The van der Waals surface area contributed by atoms with Crippen molar-refractivity contribution in [1.29, 1.82) is 0 Å². The van der Waals surface area contributed by atoms with Crippen molar-refractivity contribution >= 4 is 17.6 Å². The Hall–Kier alpha value is -2.83. The number of carboxylic acid groups (broad SMARTS) is 1. The second-order valence-corrected chi connectivity index (χ2v) is 6.06. The molecule has 0 heterocycles. The summed E-state index contributed by atoms with van der Waals surface area (Å²) < 4.78 is 38.1. The van der Waals surface area contributed by atoms with Gasteiger partial charge < -0.3 is 10.4 Å². The fraction of sp³-hybridized carbons (Fsp3) is 0.263. The molecule has 0 saturated carbocycles. The average molecular weight is 365 g/mol. The Morgan fingerprint density at radius 1 is 1.12 bits per heavy atom. The molecule has 2 aromatic rings. The number of hydrogen-bond acceptors (Lipinski definition) is 2. The molecule has 0 saturated heterocycles. The maximum absolute atomic E-state index is 12.7. The number of anilines is 1. The molecule has 1 unspecified atom stereocenters. The van der Waals surface area contributed by atoms with E-state index in [4.69, 9.17) is 0 Å². The lowest BCUT2D eigenvalue weighted by atomic mass is 9.95. The highest BCUT2D eigenvalue weighted by Gasteiger charge is 2.30. The number of rotatable bonds is 6. The van der Waals surface area contributed by atoms with Crippen LogP contribution in [0.2, 0.25) is 0 Å². The van der Waals surface area contributed by atoms with Gasteiger partial charge in [-0.25, -0.2) is 0 Å². The molecule has 138 valence electrons. The van der Waals surface area contributed by atoms with Crippen LogP contribution in [-0.2, 0) is 22.2 Å². The van der Waals surface area contributed by atoms with Crippen LogP contribution in [0, 0.1) is 12.8 Å². The van der Waals surface area contributed by atoms with Crippen molar-refractivity contribution in [1.82, 2.24) is 0 Å². The van der Waals surface area contributed by atoms with Gasteiger partial charge in [0, 0.05) is 12.1 Å². The number of carboxylic acids is 1. The van der Waals surface area contributed by atoms with Gasteiger partial charge in [-0.15, -0.1) is 0 Å². The second kappa shape index (κ2) is 8.03. The quantitative estimate of drug-likeness (QED) is 0.803. The number of carbonyl (C=O) groups excluding carboxylic acids is 1. The first-order valence-corrected chi connectivity index (χ1v) is 7.90. The summed E-state index contributed by atoms with van der Waals surface area (Å²) in [4.78, 5) is 23.5. The topological polar surface area (TPSA) is 66.4 Å². The Kier molecular flexibility index (Phi) is 6.02. The molecule has 7 heteroatoms. The SMILES string of the molecule is Cc1ccc(CC(CC(=O)Nc2cccc(C(F)(F)F)c2)C(=O)O)cc1. The maximum atomic E-state index is 12.7. The van der Waals surface area contributed by atoms with Gasteiger partial charge in [-0.2, -0.15) is 13.2 Å². The molecule has 1 atom stereocenters. The molecule has 26 heavy (non-hydrogen) atoms. The summed E-state index contributed by atoms with van der Waals surface area (Å²) in [6, 6.07) is 11.5. The number of hydrogen-bond donors (Lipinski definition) is 2. The Bertz CT molecular complexity index is 785. The van der Waals surface area contributed by atoms with E-state index in [1.165, 1.54) is 12.1 Å². The molecule has 0 fully saturated rings. The molecule has 0 bridgehead atoms. The lowest BCUT2D eigenvalue weighted by molar-refractivity contribution is -0.143. The summed E-state index contributed by atoms with van der Waals surface area (Å²) in [5.41, 5.74) is 0.895. The van der Waals surface area contributed by atoms with Crippen LogP contribution < -0.4 is 5.32 Å². The lowest BCUT2D eigenvalue weighted by Gasteiger charge is -2.14. The Morgan fingerprint density at radius 3 is 2.35 bits per heavy atom. The fourth-order valence-corrected chi connectivity index (χ4v) is 2.46. The van der Waals surface area contributed by atoms with Crippen molar-refractivity contribution in [2.45, 2.75) is 25.9 Å². The standard InChI is InChI=1S/C19H18F3NO3/c1-12-5-7-13(8-6-12)9-14(18(25)26)10-17(24)23-16-4-2-3-15(11-16)19(20,21)22/h2-8,11,14H,9-10H2,1H3,(H,23,24)(H,25,26). The van der Waals surface area contributed by atoms with E-state index in [-0.39, 0.29) is 18.5 Å².